The highest BCUT2D eigenvalue weighted by Gasteiger charge is 2.31. The lowest BCUT2D eigenvalue weighted by Gasteiger charge is -2.18. The normalized spacial score (nSPS) is 22.7. The van der Waals surface area contributed by atoms with Gasteiger partial charge in [-0.1, -0.05) is 0 Å². The van der Waals surface area contributed by atoms with Crippen molar-refractivity contribution < 1.29 is 18.0 Å². The molecule has 1 saturated heterocycles. The van der Waals surface area contributed by atoms with Gasteiger partial charge in [-0.3, -0.25) is 9.59 Å². The molecule has 3 rings (SSSR count). The molecule has 126 valence electrons. The van der Waals surface area contributed by atoms with Crippen molar-refractivity contribution in [3.8, 4) is 0 Å². The van der Waals surface area contributed by atoms with Gasteiger partial charge in [0.15, 0.2) is 9.84 Å². The summed E-state index contributed by atoms with van der Waals surface area (Å²) < 4.78 is 22.8. The number of carbonyl (C=O) groups is 2. The van der Waals surface area contributed by atoms with Gasteiger partial charge >= 0.3 is 0 Å². The minimum Gasteiger partial charge on any atom is -0.357 e. The molecule has 1 aliphatic carbocycles. The van der Waals surface area contributed by atoms with Crippen LogP contribution >= 0.6 is 0 Å². The van der Waals surface area contributed by atoms with Gasteiger partial charge < -0.3 is 15.2 Å². The van der Waals surface area contributed by atoms with Crippen LogP contribution in [0.3, 0.4) is 0 Å². The van der Waals surface area contributed by atoms with Gasteiger partial charge in [-0.15, -0.1) is 0 Å². The Morgan fingerprint density at radius 3 is 2.70 bits per heavy atom. The van der Waals surface area contributed by atoms with Gasteiger partial charge in [0.2, 0.25) is 5.91 Å². The van der Waals surface area contributed by atoms with Gasteiger partial charge in [0.05, 0.1) is 18.1 Å². The maximum absolute atomic E-state index is 12.5. The van der Waals surface area contributed by atoms with Crippen LogP contribution < -0.4 is 5.32 Å². The van der Waals surface area contributed by atoms with Gasteiger partial charge in [-0.05, 0) is 36.8 Å². The topological polar surface area (TPSA) is 99.3 Å². The van der Waals surface area contributed by atoms with Crippen LogP contribution in [0.2, 0.25) is 0 Å². The average molecular weight is 339 g/mol. The Balaban J connectivity index is 1.56. The molecule has 0 spiro atoms. The van der Waals surface area contributed by atoms with Crippen LogP contribution in [0.25, 0.3) is 0 Å². The van der Waals surface area contributed by atoms with Crippen LogP contribution in [-0.2, 0) is 14.6 Å². The number of sulfone groups is 1. The third kappa shape index (κ3) is 3.74. The van der Waals surface area contributed by atoms with Crippen LogP contribution in [0.5, 0.6) is 0 Å². The number of nitrogens with one attached hydrogen (secondary N) is 2. The lowest BCUT2D eigenvalue weighted by molar-refractivity contribution is -0.122. The van der Waals surface area contributed by atoms with E-state index >= 15 is 0 Å². The summed E-state index contributed by atoms with van der Waals surface area (Å²) in [6.45, 7) is -0.0848. The van der Waals surface area contributed by atoms with E-state index < -0.39 is 9.84 Å². The highest BCUT2D eigenvalue weighted by Crippen LogP contribution is 2.41. The average Bonchev–Trinajstić information content (AvgIpc) is 3.10. The number of amides is 2. The van der Waals surface area contributed by atoms with E-state index in [1.807, 2.05) is 6.07 Å². The third-order valence-corrected chi connectivity index (χ3v) is 6.10. The number of hydrogen-bond acceptors (Lipinski definition) is 4. The fraction of sp³-hybridized carbons (Fsp3) is 0.600. The summed E-state index contributed by atoms with van der Waals surface area (Å²) in [6, 6.07) is 1.57. The molecule has 1 unspecified atom stereocenters. The first-order chi connectivity index (χ1) is 10.9. The molecule has 23 heavy (non-hydrogen) atoms. The lowest BCUT2D eigenvalue weighted by Crippen LogP contribution is -2.43. The van der Waals surface area contributed by atoms with E-state index in [1.54, 1.807) is 13.2 Å². The van der Waals surface area contributed by atoms with Gasteiger partial charge in [0.25, 0.3) is 5.91 Å². The fourth-order valence-corrected chi connectivity index (χ4v) is 4.63. The summed E-state index contributed by atoms with van der Waals surface area (Å²) in [5.41, 5.74) is 1.57. The molecule has 0 bridgehead atoms. The molecule has 8 heteroatoms. The van der Waals surface area contributed by atoms with Crippen LogP contribution in [0.4, 0.5) is 0 Å². The number of rotatable bonds is 5. The molecular weight excluding hydrogens is 318 g/mol. The van der Waals surface area contributed by atoms with Crippen molar-refractivity contribution in [1.82, 2.24) is 15.2 Å². The highest BCUT2D eigenvalue weighted by molar-refractivity contribution is 7.91. The Bertz CT molecular complexity index is 721. The molecule has 2 heterocycles. The molecule has 2 aliphatic rings. The zero-order valence-electron chi connectivity index (χ0n) is 13.0. The van der Waals surface area contributed by atoms with Crippen LogP contribution in [0.15, 0.2) is 12.3 Å². The number of H-pyrrole nitrogens is 1. The summed E-state index contributed by atoms with van der Waals surface area (Å²) in [5.74, 6) is -0.00148. The molecule has 1 atom stereocenters. The molecule has 2 N–H and O–H groups in total. The summed E-state index contributed by atoms with van der Waals surface area (Å²) in [7, 11) is -1.46. The Hall–Kier alpha value is -1.83. The van der Waals surface area contributed by atoms with Crippen molar-refractivity contribution in [1.29, 1.82) is 0 Å². The highest BCUT2D eigenvalue weighted by atomic mass is 32.2. The Morgan fingerprint density at radius 1 is 1.35 bits per heavy atom. The molecule has 1 aliphatic heterocycles. The fourth-order valence-electron chi connectivity index (χ4n) is 2.96. The maximum Gasteiger partial charge on any atom is 0.270 e. The van der Waals surface area contributed by atoms with Crippen LogP contribution in [0, 0.1) is 0 Å². The minimum absolute atomic E-state index is 0.0150. The molecule has 1 saturated carbocycles. The first kappa shape index (κ1) is 16.0. The second-order valence-corrected chi connectivity index (χ2v) is 8.64. The van der Waals surface area contributed by atoms with Gasteiger partial charge in [-0.25, -0.2) is 8.42 Å². The SMILES string of the molecule is CN(CC(=O)NC1CCS(=O)(=O)C1)C(=O)c1[nH]ccc1C1CC1. The van der Waals surface area contributed by atoms with Gasteiger partial charge in [0.1, 0.15) is 5.69 Å². The molecule has 0 radical (unpaired) electrons. The largest absolute Gasteiger partial charge is 0.357 e. The number of nitrogens with zero attached hydrogens (tertiary/aromatic N) is 1. The molecule has 2 fully saturated rings. The Labute approximate surface area is 135 Å². The zero-order valence-corrected chi connectivity index (χ0v) is 13.9. The second-order valence-electron chi connectivity index (χ2n) is 6.41. The summed E-state index contributed by atoms with van der Waals surface area (Å²) in [6.07, 6.45) is 4.38. The Morgan fingerprint density at radius 2 is 2.09 bits per heavy atom. The van der Waals surface area contributed by atoms with Crippen molar-refractivity contribution in [2.75, 3.05) is 25.1 Å². The molecule has 2 amide bonds. The van der Waals surface area contributed by atoms with E-state index in [1.165, 1.54) is 4.90 Å². The van der Waals surface area contributed by atoms with Crippen molar-refractivity contribution in [3.63, 3.8) is 0 Å². The van der Waals surface area contributed by atoms with E-state index in [4.69, 9.17) is 0 Å². The van der Waals surface area contributed by atoms with E-state index in [9.17, 15) is 18.0 Å². The second kappa shape index (κ2) is 5.99. The van der Waals surface area contributed by atoms with Crippen LogP contribution in [-0.4, -0.2) is 61.3 Å². The monoisotopic (exact) mass is 339 g/mol. The number of likely N-dealkylation sites (N-methyl/N-ethyl adjacent to an activating group) is 1. The molecular formula is C15H21N3O4S. The Kier molecular flexibility index (Phi) is 4.18. The van der Waals surface area contributed by atoms with Gasteiger partial charge in [-0.2, -0.15) is 0 Å². The standard InChI is InChI=1S/C15H21N3O4S/c1-18(8-13(19)17-11-5-7-23(21,22)9-11)15(20)14-12(4-6-16-14)10-2-3-10/h4,6,10-11,16H,2-3,5,7-9H2,1H3,(H,17,19). The van der Waals surface area contributed by atoms with E-state index in [2.05, 4.69) is 10.3 Å². The first-order valence-corrected chi connectivity index (χ1v) is 9.60. The van der Waals surface area contributed by atoms with Crippen molar-refractivity contribution in [3.05, 3.63) is 23.5 Å². The summed E-state index contributed by atoms with van der Waals surface area (Å²) >= 11 is 0. The quantitative estimate of drug-likeness (QED) is 0.804. The smallest absolute Gasteiger partial charge is 0.270 e. The van der Waals surface area contributed by atoms with Crippen molar-refractivity contribution in [2.24, 2.45) is 0 Å². The molecule has 1 aromatic heterocycles. The number of aromatic nitrogens is 1. The third-order valence-electron chi connectivity index (χ3n) is 4.34. The number of aromatic amines is 1. The summed E-state index contributed by atoms with van der Waals surface area (Å²) in [4.78, 5) is 28.8. The van der Waals surface area contributed by atoms with E-state index in [-0.39, 0.29) is 35.9 Å². The predicted molar refractivity (Wildman–Crippen MR) is 84.9 cm³/mol. The first-order valence-electron chi connectivity index (χ1n) is 7.78. The minimum atomic E-state index is -3.03. The van der Waals surface area contributed by atoms with Crippen molar-refractivity contribution >= 4 is 21.7 Å². The molecule has 1 aromatic rings. The molecule has 0 aromatic carbocycles. The van der Waals surface area contributed by atoms with E-state index in [0.29, 0.717) is 18.0 Å². The lowest BCUT2D eigenvalue weighted by atomic mass is 10.1. The number of hydrogen-bond donors (Lipinski definition) is 2. The molecule has 7 nitrogen and oxygen atoms in total. The zero-order chi connectivity index (χ0) is 16.6. The predicted octanol–water partition coefficient (Wildman–Crippen LogP) is 0.267. The van der Waals surface area contributed by atoms with Crippen LogP contribution in [0.1, 0.15) is 41.2 Å². The van der Waals surface area contributed by atoms with Gasteiger partial charge in [0, 0.05) is 19.3 Å². The van der Waals surface area contributed by atoms with E-state index in [0.717, 1.165) is 18.4 Å². The van der Waals surface area contributed by atoms with Crippen molar-refractivity contribution in [2.45, 2.75) is 31.2 Å². The summed E-state index contributed by atoms with van der Waals surface area (Å²) in [5, 5.41) is 2.69. The number of carbonyl (C=O) groups excluding carboxylic acids is 2. The maximum atomic E-state index is 12.5.